The minimum Gasteiger partial charge on any atom is -0.315 e. The summed E-state index contributed by atoms with van der Waals surface area (Å²) < 4.78 is 26.3. The maximum absolute atomic E-state index is 11.8. The first-order chi connectivity index (χ1) is 6.93. The highest BCUT2D eigenvalue weighted by atomic mass is 32.2. The first-order valence-electron chi connectivity index (χ1n) is 5.62. The van der Waals surface area contributed by atoms with E-state index in [9.17, 15) is 8.42 Å². The van der Waals surface area contributed by atoms with Gasteiger partial charge >= 0.3 is 0 Å². The van der Waals surface area contributed by atoms with Crippen LogP contribution in [0.2, 0.25) is 0 Å². The van der Waals surface area contributed by atoms with Crippen molar-refractivity contribution in [2.45, 2.75) is 32.4 Å². The molecule has 4 nitrogen and oxygen atoms in total. The first kappa shape index (κ1) is 12.9. The van der Waals surface area contributed by atoms with Gasteiger partial charge < -0.3 is 5.32 Å². The minimum atomic E-state index is -3.10. The second-order valence-electron chi connectivity index (χ2n) is 4.73. The summed E-state index contributed by atoms with van der Waals surface area (Å²) in [5, 5.41) is 2.83. The van der Waals surface area contributed by atoms with Crippen molar-refractivity contribution in [1.82, 2.24) is 10.0 Å². The largest absolute Gasteiger partial charge is 0.315 e. The van der Waals surface area contributed by atoms with Gasteiger partial charge in [-0.25, -0.2) is 13.1 Å². The minimum absolute atomic E-state index is 0.239. The first-order valence-corrected chi connectivity index (χ1v) is 7.17. The molecular weight excluding hydrogens is 212 g/mol. The van der Waals surface area contributed by atoms with Crippen LogP contribution in [0.25, 0.3) is 0 Å². The standard InChI is InChI=1S/C10H22N2O2S/c1-8(2)9(3)6-12-15(13,14)10-4-5-11-7-10/h8-12H,4-7H2,1-3H3. The molecule has 0 spiro atoms. The summed E-state index contributed by atoms with van der Waals surface area (Å²) in [7, 11) is -3.10. The lowest BCUT2D eigenvalue weighted by Crippen LogP contribution is -2.38. The molecule has 2 atom stereocenters. The van der Waals surface area contributed by atoms with Gasteiger partial charge in [0.25, 0.3) is 0 Å². The smallest absolute Gasteiger partial charge is 0.215 e. The SMILES string of the molecule is CC(C)C(C)CNS(=O)(=O)C1CCNC1. The zero-order chi connectivity index (χ0) is 11.5. The fourth-order valence-electron chi connectivity index (χ4n) is 1.49. The molecule has 0 radical (unpaired) electrons. The number of hydrogen-bond acceptors (Lipinski definition) is 3. The second kappa shape index (κ2) is 5.27. The molecule has 0 saturated carbocycles. The quantitative estimate of drug-likeness (QED) is 0.731. The van der Waals surface area contributed by atoms with E-state index in [4.69, 9.17) is 0 Å². The monoisotopic (exact) mass is 234 g/mol. The summed E-state index contributed by atoms with van der Waals surface area (Å²) in [5.74, 6) is 0.892. The van der Waals surface area contributed by atoms with Crippen LogP contribution in [0, 0.1) is 11.8 Å². The molecule has 15 heavy (non-hydrogen) atoms. The number of nitrogens with one attached hydrogen (secondary N) is 2. The zero-order valence-electron chi connectivity index (χ0n) is 9.79. The van der Waals surface area contributed by atoms with Crippen LogP contribution >= 0.6 is 0 Å². The van der Waals surface area contributed by atoms with E-state index >= 15 is 0 Å². The van der Waals surface area contributed by atoms with Gasteiger partial charge in [-0.15, -0.1) is 0 Å². The van der Waals surface area contributed by atoms with E-state index in [1.807, 2.05) is 0 Å². The third-order valence-electron chi connectivity index (χ3n) is 3.20. The van der Waals surface area contributed by atoms with Gasteiger partial charge in [-0.05, 0) is 24.8 Å². The maximum Gasteiger partial charge on any atom is 0.215 e. The van der Waals surface area contributed by atoms with Crippen LogP contribution in [-0.4, -0.2) is 33.3 Å². The predicted molar refractivity (Wildman–Crippen MR) is 62.2 cm³/mol. The van der Waals surface area contributed by atoms with Crippen LogP contribution in [-0.2, 0) is 10.0 Å². The predicted octanol–water partition coefficient (Wildman–Crippen LogP) is 0.560. The van der Waals surface area contributed by atoms with E-state index in [1.54, 1.807) is 0 Å². The van der Waals surface area contributed by atoms with Crippen molar-refractivity contribution >= 4 is 10.0 Å². The van der Waals surface area contributed by atoms with Crippen LogP contribution < -0.4 is 10.0 Å². The Balaban J connectivity index is 2.42. The van der Waals surface area contributed by atoms with E-state index in [0.29, 0.717) is 24.9 Å². The van der Waals surface area contributed by atoms with Crippen LogP contribution in [0.5, 0.6) is 0 Å². The van der Waals surface area contributed by atoms with E-state index in [0.717, 1.165) is 13.0 Å². The average molecular weight is 234 g/mol. The van der Waals surface area contributed by atoms with Gasteiger partial charge in [0.1, 0.15) is 0 Å². The van der Waals surface area contributed by atoms with E-state index in [1.165, 1.54) is 0 Å². The Morgan fingerprint density at radius 3 is 2.53 bits per heavy atom. The number of hydrogen-bond donors (Lipinski definition) is 2. The highest BCUT2D eigenvalue weighted by Crippen LogP contribution is 2.11. The highest BCUT2D eigenvalue weighted by molar-refractivity contribution is 7.90. The van der Waals surface area contributed by atoms with Crippen molar-refractivity contribution in [2.75, 3.05) is 19.6 Å². The fraction of sp³-hybridized carbons (Fsp3) is 1.00. The normalized spacial score (nSPS) is 24.7. The molecule has 90 valence electrons. The molecule has 0 aromatic rings. The van der Waals surface area contributed by atoms with Gasteiger partial charge in [0, 0.05) is 13.1 Å². The van der Waals surface area contributed by atoms with Crippen molar-refractivity contribution < 1.29 is 8.42 Å². The molecule has 1 aliphatic heterocycles. The Labute approximate surface area is 92.9 Å². The van der Waals surface area contributed by atoms with E-state index in [2.05, 4.69) is 30.8 Å². The van der Waals surface area contributed by atoms with Crippen molar-refractivity contribution in [3.8, 4) is 0 Å². The zero-order valence-corrected chi connectivity index (χ0v) is 10.6. The highest BCUT2D eigenvalue weighted by Gasteiger charge is 2.28. The molecule has 0 aliphatic carbocycles. The molecule has 1 aliphatic rings. The Kier molecular flexibility index (Phi) is 4.55. The molecule has 1 fully saturated rings. The third-order valence-corrected chi connectivity index (χ3v) is 5.05. The Morgan fingerprint density at radius 1 is 1.40 bits per heavy atom. The molecular formula is C10H22N2O2S. The summed E-state index contributed by atoms with van der Waals surface area (Å²) in [6.45, 7) is 8.24. The molecule has 1 heterocycles. The van der Waals surface area contributed by atoms with Crippen LogP contribution in [0.4, 0.5) is 0 Å². The molecule has 0 bridgehead atoms. The Morgan fingerprint density at radius 2 is 2.07 bits per heavy atom. The average Bonchev–Trinajstić information content (AvgIpc) is 2.67. The molecule has 1 rings (SSSR count). The van der Waals surface area contributed by atoms with Crippen LogP contribution in [0.15, 0.2) is 0 Å². The lowest BCUT2D eigenvalue weighted by Gasteiger charge is -2.18. The summed E-state index contributed by atoms with van der Waals surface area (Å²) in [5.41, 5.74) is 0. The van der Waals surface area contributed by atoms with Gasteiger partial charge in [-0.2, -0.15) is 0 Å². The van der Waals surface area contributed by atoms with Gasteiger partial charge in [0.05, 0.1) is 5.25 Å². The molecule has 2 unspecified atom stereocenters. The molecule has 2 N–H and O–H groups in total. The molecule has 0 aromatic carbocycles. The second-order valence-corrected chi connectivity index (χ2v) is 6.77. The van der Waals surface area contributed by atoms with Gasteiger partial charge in [0.2, 0.25) is 10.0 Å². The fourth-order valence-corrected chi connectivity index (χ4v) is 2.99. The lowest BCUT2D eigenvalue weighted by atomic mass is 9.99. The number of sulfonamides is 1. The summed E-state index contributed by atoms with van der Waals surface area (Å²) >= 11 is 0. The van der Waals surface area contributed by atoms with Crippen molar-refractivity contribution in [3.05, 3.63) is 0 Å². The third kappa shape index (κ3) is 3.74. The van der Waals surface area contributed by atoms with E-state index in [-0.39, 0.29) is 5.25 Å². The Bertz CT molecular complexity index is 282. The topological polar surface area (TPSA) is 58.2 Å². The van der Waals surface area contributed by atoms with Gasteiger partial charge in [-0.3, -0.25) is 0 Å². The van der Waals surface area contributed by atoms with E-state index < -0.39 is 10.0 Å². The summed E-state index contributed by atoms with van der Waals surface area (Å²) in [6.07, 6.45) is 0.728. The molecule has 1 saturated heterocycles. The van der Waals surface area contributed by atoms with Gasteiger partial charge in [0.15, 0.2) is 0 Å². The maximum atomic E-state index is 11.8. The molecule has 0 amide bonds. The Hall–Kier alpha value is -0.130. The lowest BCUT2D eigenvalue weighted by molar-refractivity contribution is 0.413. The summed E-state index contributed by atoms with van der Waals surface area (Å²) in [6, 6.07) is 0. The molecule has 5 heteroatoms. The van der Waals surface area contributed by atoms with Gasteiger partial charge in [-0.1, -0.05) is 20.8 Å². The number of rotatable bonds is 5. The van der Waals surface area contributed by atoms with Crippen LogP contribution in [0.1, 0.15) is 27.2 Å². The van der Waals surface area contributed by atoms with Crippen molar-refractivity contribution in [2.24, 2.45) is 11.8 Å². The molecule has 0 aromatic heterocycles. The van der Waals surface area contributed by atoms with Crippen molar-refractivity contribution in [3.63, 3.8) is 0 Å². The summed E-state index contributed by atoms with van der Waals surface area (Å²) in [4.78, 5) is 0. The van der Waals surface area contributed by atoms with Crippen molar-refractivity contribution in [1.29, 1.82) is 0 Å². The van der Waals surface area contributed by atoms with Crippen LogP contribution in [0.3, 0.4) is 0 Å².